The number of carbonyl (C=O) groups excluding carboxylic acids is 1. The van der Waals surface area contributed by atoms with Gasteiger partial charge < -0.3 is 9.30 Å². The largest absolute Gasteiger partial charge is 0.465 e. The minimum Gasteiger partial charge on any atom is -0.465 e. The number of nitrogens with zero attached hydrogens (tertiary/aromatic N) is 1. The van der Waals surface area contributed by atoms with Gasteiger partial charge in [0.1, 0.15) is 0 Å². The predicted octanol–water partition coefficient (Wildman–Crippen LogP) is 3.98. The van der Waals surface area contributed by atoms with Crippen LogP contribution in [0.5, 0.6) is 0 Å². The number of ether oxygens (including phenoxy) is 1. The van der Waals surface area contributed by atoms with E-state index in [0.29, 0.717) is 28.4 Å². The lowest BCUT2D eigenvalue weighted by atomic mass is 10.00. The van der Waals surface area contributed by atoms with Gasteiger partial charge in [-0.1, -0.05) is 54.1 Å². The zero-order valence-electron chi connectivity index (χ0n) is 13.5. The van der Waals surface area contributed by atoms with Gasteiger partial charge in [-0.3, -0.25) is 4.79 Å². The zero-order chi connectivity index (χ0) is 17.6. The van der Waals surface area contributed by atoms with Gasteiger partial charge >= 0.3 is 5.97 Å². The van der Waals surface area contributed by atoms with Crippen LogP contribution in [0.3, 0.4) is 0 Å². The summed E-state index contributed by atoms with van der Waals surface area (Å²) in [5.74, 6) is -0.492. The maximum atomic E-state index is 13.1. The molecule has 1 aliphatic heterocycles. The van der Waals surface area contributed by atoms with E-state index in [4.69, 9.17) is 16.3 Å². The Balaban J connectivity index is 2.08. The molecule has 0 aliphatic carbocycles. The van der Waals surface area contributed by atoms with Crippen LogP contribution in [0.15, 0.2) is 59.4 Å². The van der Waals surface area contributed by atoms with E-state index in [2.05, 4.69) is 0 Å². The smallest absolute Gasteiger partial charge is 0.340 e. The second-order valence-electron chi connectivity index (χ2n) is 5.84. The molecule has 2 aromatic carbocycles. The van der Waals surface area contributed by atoms with Gasteiger partial charge in [-0.05, 0) is 23.3 Å². The Morgan fingerprint density at radius 2 is 1.88 bits per heavy atom. The van der Waals surface area contributed by atoms with Gasteiger partial charge in [-0.25, -0.2) is 4.79 Å². The van der Waals surface area contributed by atoms with Crippen LogP contribution >= 0.6 is 11.6 Å². The summed E-state index contributed by atoms with van der Waals surface area (Å²) in [7, 11) is 1.33. The molecule has 0 atom stereocenters. The van der Waals surface area contributed by atoms with E-state index in [-0.39, 0.29) is 5.56 Å². The van der Waals surface area contributed by atoms with Gasteiger partial charge in [-0.15, -0.1) is 0 Å². The molecule has 1 aliphatic rings. The second kappa shape index (κ2) is 5.90. The number of benzene rings is 2. The van der Waals surface area contributed by atoms with Gasteiger partial charge in [0, 0.05) is 11.1 Å². The quantitative estimate of drug-likeness (QED) is 0.513. The van der Waals surface area contributed by atoms with Crippen LogP contribution in [-0.2, 0) is 11.3 Å². The number of pyridine rings is 1. The molecule has 4 rings (SSSR count). The Morgan fingerprint density at radius 3 is 2.60 bits per heavy atom. The number of hydrogen-bond donors (Lipinski definition) is 0. The summed E-state index contributed by atoms with van der Waals surface area (Å²) in [4.78, 5) is 25.5. The molecule has 2 heterocycles. The molecule has 5 heteroatoms. The van der Waals surface area contributed by atoms with Crippen LogP contribution in [0.25, 0.3) is 22.4 Å². The van der Waals surface area contributed by atoms with Crippen LogP contribution in [0, 0.1) is 0 Å². The third-order valence-corrected chi connectivity index (χ3v) is 4.76. The van der Waals surface area contributed by atoms with Crippen molar-refractivity contribution in [1.29, 1.82) is 0 Å². The fourth-order valence-corrected chi connectivity index (χ4v) is 3.60. The van der Waals surface area contributed by atoms with Gasteiger partial charge in [0.05, 0.1) is 29.9 Å². The SMILES string of the molecule is COC(=O)c1cc(-c2ccccc2)c(=O)n2c1-c1c(Cl)cccc1C2. The van der Waals surface area contributed by atoms with Crippen molar-refractivity contribution >= 4 is 17.6 Å². The molecule has 0 spiro atoms. The van der Waals surface area contributed by atoms with E-state index in [1.165, 1.54) is 7.11 Å². The molecule has 25 heavy (non-hydrogen) atoms. The summed E-state index contributed by atoms with van der Waals surface area (Å²) in [5.41, 5.74) is 3.58. The lowest BCUT2D eigenvalue weighted by molar-refractivity contribution is 0.0601. The van der Waals surface area contributed by atoms with E-state index >= 15 is 0 Å². The Labute approximate surface area is 149 Å². The molecule has 0 N–H and O–H groups in total. The highest BCUT2D eigenvalue weighted by Gasteiger charge is 2.29. The van der Waals surface area contributed by atoms with E-state index in [1.807, 2.05) is 42.5 Å². The third-order valence-electron chi connectivity index (χ3n) is 4.44. The summed E-state index contributed by atoms with van der Waals surface area (Å²) < 4.78 is 6.55. The first-order valence-corrected chi connectivity index (χ1v) is 8.19. The van der Waals surface area contributed by atoms with Gasteiger partial charge in [-0.2, -0.15) is 0 Å². The van der Waals surface area contributed by atoms with Gasteiger partial charge in [0.25, 0.3) is 5.56 Å². The summed E-state index contributed by atoms with van der Waals surface area (Å²) in [6.45, 7) is 0.384. The van der Waals surface area contributed by atoms with Gasteiger partial charge in [0.15, 0.2) is 0 Å². The average Bonchev–Trinajstić information content (AvgIpc) is 3.04. The molecular formula is C20H14ClNO3. The Morgan fingerprint density at radius 1 is 1.12 bits per heavy atom. The maximum absolute atomic E-state index is 13.1. The molecule has 1 aromatic heterocycles. The molecule has 124 valence electrons. The predicted molar refractivity (Wildman–Crippen MR) is 97.0 cm³/mol. The van der Waals surface area contributed by atoms with E-state index < -0.39 is 5.97 Å². The highest BCUT2D eigenvalue weighted by atomic mass is 35.5. The minimum atomic E-state index is -0.492. The Kier molecular flexibility index (Phi) is 3.70. The number of esters is 1. The molecule has 4 nitrogen and oxygen atoms in total. The third kappa shape index (κ3) is 2.37. The highest BCUT2D eigenvalue weighted by Crippen LogP contribution is 2.39. The molecule has 0 bridgehead atoms. The van der Waals surface area contributed by atoms with E-state index in [1.54, 1.807) is 16.7 Å². The fourth-order valence-electron chi connectivity index (χ4n) is 3.31. The first-order chi connectivity index (χ1) is 12.1. The standard InChI is InChI=1S/C20H14ClNO3/c1-25-20(24)15-10-14(12-6-3-2-4-7-12)19(23)22-11-13-8-5-9-16(21)17(13)18(15)22/h2-10H,11H2,1H3. The van der Waals surface area contributed by atoms with Crippen molar-refractivity contribution in [3.05, 3.63) is 81.1 Å². The Hall–Kier alpha value is -2.85. The minimum absolute atomic E-state index is 0.152. The van der Waals surface area contributed by atoms with Crippen LogP contribution in [-0.4, -0.2) is 17.6 Å². The first kappa shape index (κ1) is 15.7. The number of methoxy groups -OCH3 is 1. The number of fused-ring (bicyclic) bond motifs is 3. The lowest BCUT2D eigenvalue weighted by Gasteiger charge is -2.13. The Bertz CT molecular complexity index is 1050. The summed E-state index contributed by atoms with van der Waals surface area (Å²) >= 11 is 6.36. The number of carbonyl (C=O) groups is 1. The molecular weight excluding hydrogens is 338 g/mol. The number of hydrogen-bond acceptors (Lipinski definition) is 3. The highest BCUT2D eigenvalue weighted by molar-refractivity contribution is 6.33. The van der Waals surface area contributed by atoms with Crippen LogP contribution < -0.4 is 5.56 Å². The fraction of sp³-hybridized carbons (Fsp3) is 0.100. The van der Waals surface area contributed by atoms with E-state index in [0.717, 1.165) is 16.7 Å². The molecule has 0 unspecified atom stereocenters. The molecule has 0 saturated heterocycles. The first-order valence-electron chi connectivity index (χ1n) is 7.81. The number of aromatic nitrogens is 1. The molecule has 0 radical (unpaired) electrons. The zero-order valence-corrected chi connectivity index (χ0v) is 14.2. The van der Waals surface area contributed by atoms with Gasteiger partial charge in [0.2, 0.25) is 0 Å². The maximum Gasteiger partial charge on any atom is 0.340 e. The summed E-state index contributed by atoms with van der Waals surface area (Å²) in [5, 5.41) is 0.515. The van der Waals surface area contributed by atoms with Crippen molar-refractivity contribution in [1.82, 2.24) is 4.57 Å². The van der Waals surface area contributed by atoms with Crippen molar-refractivity contribution < 1.29 is 9.53 Å². The summed E-state index contributed by atoms with van der Waals surface area (Å²) in [6, 6.07) is 16.4. The lowest BCUT2D eigenvalue weighted by Crippen LogP contribution is -2.23. The number of halogens is 1. The van der Waals surface area contributed by atoms with Crippen molar-refractivity contribution in [2.45, 2.75) is 6.54 Å². The van der Waals surface area contributed by atoms with Crippen LogP contribution in [0.1, 0.15) is 15.9 Å². The van der Waals surface area contributed by atoms with Crippen molar-refractivity contribution in [3.63, 3.8) is 0 Å². The normalized spacial score (nSPS) is 11.8. The van der Waals surface area contributed by atoms with Crippen molar-refractivity contribution in [2.75, 3.05) is 7.11 Å². The molecule has 0 saturated carbocycles. The van der Waals surface area contributed by atoms with Crippen molar-refractivity contribution in [3.8, 4) is 22.4 Å². The van der Waals surface area contributed by atoms with Crippen molar-refractivity contribution in [2.24, 2.45) is 0 Å². The summed E-state index contributed by atoms with van der Waals surface area (Å²) in [6.07, 6.45) is 0. The van der Waals surface area contributed by atoms with E-state index in [9.17, 15) is 9.59 Å². The number of rotatable bonds is 2. The average molecular weight is 352 g/mol. The molecule has 0 amide bonds. The molecule has 0 fully saturated rings. The topological polar surface area (TPSA) is 48.3 Å². The van der Waals surface area contributed by atoms with Crippen LogP contribution in [0.4, 0.5) is 0 Å². The second-order valence-corrected chi connectivity index (χ2v) is 6.25. The molecule has 3 aromatic rings. The monoisotopic (exact) mass is 351 g/mol. The van der Waals surface area contributed by atoms with Crippen LogP contribution in [0.2, 0.25) is 5.02 Å².